The highest BCUT2D eigenvalue weighted by Crippen LogP contribution is 2.23. The van der Waals surface area contributed by atoms with Crippen molar-refractivity contribution in [2.24, 2.45) is 11.7 Å². The number of ether oxygens (including phenoxy) is 1. The molecule has 0 aromatic heterocycles. The highest BCUT2D eigenvalue weighted by molar-refractivity contribution is 7.89. The summed E-state index contributed by atoms with van der Waals surface area (Å²) in [6, 6.07) is 12.5. The van der Waals surface area contributed by atoms with Crippen molar-refractivity contribution in [3.05, 3.63) is 65.7 Å². The lowest BCUT2D eigenvalue weighted by atomic mass is 10.1. The first-order valence-corrected chi connectivity index (χ1v) is 15.1. The molecule has 5 N–H and O–H groups in total. The summed E-state index contributed by atoms with van der Waals surface area (Å²) < 4.78 is 32.9. The maximum Gasteiger partial charge on any atom is 0.408 e. The molecular weight excluding hydrogens is 564 g/mol. The number of benzene rings is 2. The van der Waals surface area contributed by atoms with E-state index in [-0.39, 0.29) is 43.4 Å². The number of nitrogens with one attached hydrogen (secondary N) is 2. The number of rotatable bonds is 17. The van der Waals surface area contributed by atoms with Gasteiger partial charge in [0.05, 0.1) is 11.3 Å². The Labute approximate surface area is 246 Å². The van der Waals surface area contributed by atoms with Crippen LogP contribution in [0, 0.1) is 12.8 Å². The van der Waals surface area contributed by atoms with Crippen LogP contribution < -0.4 is 16.4 Å². The Morgan fingerprint density at radius 1 is 1.00 bits per heavy atom. The predicted octanol–water partition coefficient (Wildman–Crippen LogP) is 2.55. The molecule has 42 heavy (non-hydrogen) atoms. The SMILES string of the molecule is Cc1ccc(S(=O)(=O)N(CC(C)C)[C@@H](CCCCNC(=O)[C@H](CC(N)=O)NC(=O)OCc2ccccc2)C(=O)O)cc1. The van der Waals surface area contributed by atoms with Crippen LogP contribution in [0.3, 0.4) is 0 Å². The minimum atomic E-state index is -4.08. The van der Waals surface area contributed by atoms with Gasteiger partial charge in [0.25, 0.3) is 0 Å². The largest absolute Gasteiger partial charge is 0.480 e. The van der Waals surface area contributed by atoms with Crippen LogP contribution in [0.4, 0.5) is 4.79 Å². The molecule has 0 radical (unpaired) electrons. The number of amides is 3. The molecule has 12 nitrogen and oxygen atoms in total. The van der Waals surface area contributed by atoms with Crippen LogP contribution in [0.2, 0.25) is 0 Å². The summed E-state index contributed by atoms with van der Waals surface area (Å²) in [6.07, 6.45) is -0.740. The van der Waals surface area contributed by atoms with E-state index in [1.54, 1.807) is 50.2 Å². The summed E-state index contributed by atoms with van der Waals surface area (Å²) >= 11 is 0. The van der Waals surface area contributed by atoms with E-state index in [0.29, 0.717) is 6.42 Å². The molecule has 0 spiro atoms. The summed E-state index contributed by atoms with van der Waals surface area (Å²) in [4.78, 5) is 48.5. The van der Waals surface area contributed by atoms with Gasteiger partial charge in [-0.1, -0.05) is 61.9 Å². The fourth-order valence-electron chi connectivity index (χ4n) is 4.10. The lowest BCUT2D eigenvalue weighted by Crippen LogP contribution is -2.49. The number of unbranched alkanes of at least 4 members (excludes halogenated alkanes) is 1. The van der Waals surface area contributed by atoms with E-state index in [1.807, 2.05) is 13.0 Å². The fraction of sp³-hybridized carbons (Fsp3) is 0.448. The summed E-state index contributed by atoms with van der Waals surface area (Å²) in [7, 11) is -4.08. The zero-order chi connectivity index (χ0) is 31.3. The number of aryl methyl sites for hydroxylation is 1. The lowest BCUT2D eigenvalue weighted by molar-refractivity contribution is -0.142. The van der Waals surface area contributed by atoms with E-state index in [9.17, 15) is 32.7 Å². The van der Waals surface area contributed by atoms with Crippen molar-refractivity contribution in [3.63, 3.8) is 0 Å². The van der Waals surface area contributed by atoms with Crippen molar-refractivity contribution in [3.8, 4) is 0 Å². The second kappa shape index (κ2) is 16.5. The third-order valence-corrected chi connectivity index (χ3v) is 8.12. The van der Waals surface area contributed by atoms with Crippen molar-refractivity contribution in [1.29, 1.82) is 0 Å². The Bertz CT molecular complexity index is 1300. The molecule has 2 aromatic carbocycles. The van der Waals surface area contributed by atoms with Crippen molar-refractivity contribution >= 4 is 33.9 Å². The van der Waals surface area contributed by atoms with Crippen LogP contribution in [-0.2, 0) is 35.8 Å². The van der Waals surface area contributed by atoms with Crippen LogP contribution in [0.5, 0.6) is 0 Å². The number of carbonyl (C=O) groups excluding carboxylic acids is 3. The molecule has 230 valence electrons. The zero-order valence-corrected chi connectivity index (χ0v) is 24.9. The average molecular weight is 605 g/mol. The second-order valence-corrected chi connectivity index (χ2v) is 12.2. The lowest BCUT2D eigenvalue weighted by Gasteiger charge is -2.29. The number of nitrogens with zero attached hydrogens (tertiary/aromatic N) is 1. The number of carboxylic acid groups (broad SMARTS) is 1. The monoisotopic (exact) mass is 604 g/mol. The Hall–Kier alpha value is -3.97. The molecule has 2 rings (SSSR count). The van der Waals surface area contributed by atoms with Crippen molar-refractivity contribution < 1.29 is 37.4 Å². The summed E-state index contributed by atoms with van der Waals surface area (Å²) in [5.74, 6) is -2.86. The molecule has 0 saturated heterocycles. The Balaban J connectivity index is 1.96. The third kappa shape index (κ3) is 11.1. The Morgan fingerprint density at radius 2 is 1.64 bits per heavy atom. The number of carboxylic acids is 1. The number of hydrogen-bond acceptors (Lipinski definition) is 7. The standard InChI is InChI=1S/C29H40N4O8S/c1-20(2)18-33(42(39,40)23-14-12-21(3)13-15-23)25(28(36)37)11-7-8-16-31-27(35)24(17-26(30)34)32-29(38)41-19-22-9-5-4-6-10-22/h4-6,9-10,12-15,20,24-25H,7-8,11,16-19H2,1-3H3,(H2,30,34)(H,31,35)(H,32,38)(H,36,37)/t24-,25-/m0/s1. The van der Waals surface area contributed by atoms with Crippen LogP contribution in [0.1, 0.15) is 50.7 Å². The molecule has 0 unspecified atom stereocenters. The van der Waals surface area contributed by atoms with Gasteiger partial charge in [-0.15, -0.1) is 0 Å². The molecule has 0 heterocycles. The molecule has 0 fully saturated rings. The minimum Gasteiger partial charge on any atom is -0.480 e. The van der Waals surface area contributed by atoms with Crippen LogP contribution >= 0.6 is 0 Å². The molecular formula is C29H40N4O8S. The molecule has 0 aliphatic rings. The van der Waals surface area contributed by atoms with Gasteiger partial charge in [-0.2, -0.15) is 4.31 Å². The predicted molar refractivity (Wildman–Crippen MR) is 156 cm³/mol. The Morgan fingerprint density at radius 3 is 2.21 bits per heavy atom. The Kier molecular flexibility index (Phi) is 13.4. The van der Waals surface area contributed by atoms with E-state index in [0.717, 1.165) is 15.4 Å². The van der Waals surface area contributed by atoms with Gasteiger partial charge in [0.2, 0.25) is 21.8 Å². The molecule has 0 aliphatic carbocycles. The maximum atomic E-state index is 13.4. The van der Waals surface area contributed by atoms with Gasteiger partial charge in [-0.3, -0.25) is 14.4 Å². The molecule has 2 atom stereocenters. The number of aliphatic carboxylic acids is 1. The molecule has 13 heteroatoms. The van der Waals surface area contributed by atoms with Gasteiger partial charge in [0.1, 0.15) is 18.7 Å². The van der Waals surface area contributed by atoms with Gasteiger partial charge in [0.15, 0.2) is 0 Å². The highest BCUT2D eigenvalue weighted by Gasteiger charge is 2.36. The third-order valence-electron chi connectivity index (χ3n) is 6.24. The van der Waals surface area contributed by atoms with Gasteiger partial charge in [-0.25, -0.2) is 13.2 Å². The zero-order valence-electron chi connectivity index (χ0n) is 24.1. The van der Waals surface area contributed by atoms with Crippen molar-refractivity contribution in [2.45, 2.75) is 70.0 Å². The van der Waals surface area contributed by atoms with Crippen LogP contribution in [0.25, 0.3) is 0 Å². The molecule has 0 bridgehead atoms. The molecule has 0 aliphatic heterocycles. The van der Waals surface area contributed by atoms with Gasteiger partial charge in [-0.05, 0) is 49.8 Å². The van der Waals surface area contributed by atoms with E-state index in [2.05, 4.69) is 10.6 Å². The number of sulfonamides is 1. The normalized spacial score (nSPS) is 12.9. The second-order valence-electron chi connectivity index (χ2n) is 10.4. The number of alkyl carbamates (subject to hydrolysis) is 1. The number of hydrogen-bond donors (Lipinski definition) is 4. The first-order chi connectivity index (χ1) is 19.8. The number of nitrogens with two attached hydrogens (primary N) is 1. The molecule has 0 saturated carbocycles. The smallest absolute Gasteiger partial charge is 0.408 e. The van der Waals surface area contributed by atoms with E-state index in [4.69, 9.17) is 10.5 Å². The quantitative estimate of drug-likeness (QED) is 0.198. The van der Waals surface area contributed by atoms with E-state index >= 15 is 0 Å². The average Bonchev–Trinajstić information content (AvgIpc) is 2.92. The molecule has 3 amide bonds. The first kappa shape index (κ1) is 34.2. The summed E-state index contributed by atoms with van der Waals surface area (Å²) in [6.45, 7) is 5.52. The van der Waals surface area contributed by atoms with Crippen molar-refractivity contribution in [1.82, 2.24) is 14.9 Å². The summed E-state index contributed by atoms with van der Waals surface area (Å²) in [5, 5.41) is 14.9. The van der Waals surface area contributed by atoms with Gasteiger partial charge >= 0.3 is 12.1 Å². The topological polar surface area (TPSA) is 185 Å². The number of primary amides is 1. The van der Waals surface area contributed by atoms with Crippen molar-refractivity contribution in [2.75, 3.05) is 13.1 Å². The molecule has 2 aromatic rings. The van der Waals surface area contributed by atoms with E-state index < -0.39 is 52.4 Å². The van der Waals surface area contributed by atoms with E-state index in [1.165, 1.54) is 12.1 Å². The number of carbonyl (C=O) groups is 4. The van der Waals surface area contributed by atoms with Gasteiger partial charge in [0, 0.05) is 13.1 Å². The van der Waals surface area contributed by atoms with Crippen LogP contribution in [-0.4, -0.2) is 66.9 Å². The minimum absolute atomic E-state index is 0.0117. The first-order valence-electron chi connectivity index (χ1n) is 13.7. The van der Waals surface area contributed by atoms with Gasteiger partial charge < -0.3 is 26.2 Å². The van der Waals surface area contributed by atoms with Crippen LogP contribution in [0.15, 0.2) is 59.5 Å². The summed E-state index contributed by atoms with van der Waals surface area (Å²) in [5.41, 5.74) is 6.85. The maximum absolute atomic E-state index is 13.4. The highest BCUT2D eigenvalue weighted by atomic mass is 32.2. The fourth-order valence-corrected chi connectivity index (χ4v) is 5.88.